The van der Waals surface area contributed by atoms with E-state index in [4.69, 9.17) is 4.74 Å². The van der Waals surface area contributed by atoms with Crippen molar-refractivity contribution in [1.29, 1.82) is 0 Å². The molecule has 1 aromatic carbocycles. The highest BCUT2D eigenvalue weighted by atomic mass is 16.5. The highest BCUT2D eigenvalue weighted by Gasteiger charge is 2.17. The Balaban J connectivity index is 1.99. The minimum absolute atomic E-state index is 0.250. The smallest absolute Gasteiger partial charge is 0.253 e. The quantitative estimate of drug-likeness (QED) is 0.864. The average molecular weight is 272 g/mol. The first-order valence-corrected chi connectivity index (χ1v) is 6.21. The molecule has 1 aromatic heterocycles. The molecule has 1 amide bonds. The third kappa shape index (κ3) is 3.33. The minimum atomic E-state index is -1.18. The first-order chi connectivity index (χ1) is 9.72. The number of carbonyl (C=O) groups excluding carboxylic acids is 1. The molecule has 104 valence electrons. The Morgan fingerprint density at radius 3 is 2.75 bits per heavy atom. The highest BCUT2D eigenvalue weighted by molar-refractivity contribution is 5.81. The van der Waals surface area contributed by atoms with Crippen LogP contribution in [0.4, 0.5) is 0 Å². The number of benzene rings is 1. The van der Waals surface area contributed by atoms with Crippen LogP contribution in [0.25, 0.3) is 0 Å². The number of hydrogen-bond donors (Lipinski definition) is 2. The normalized spacial score (nSPS) is 11.7. The van der Waals surface area contributed by atoms with Gasteiger partial charge in [-0.1, -0.05) is 36.4 Å². The molecule has 0 aliphatic rings. The zero-order valence-corrected chi connectivity index (χ0v) is 11.1. The van der Waals surface area contributed by atoms with Crippen LogP contribution in [0, 0.1) is 0 Å². The molecule has 1 unspecified atom stereocenters. The predicted molar refractivity (Wildman–Crippen MR) is 74.0 cm³/mol. The molecule has 0 saturated carbocycles. The van der Waals surface area contributed by atoms with Gasteiger partial charge in [0.25, 0.3) is 5.91 Å². The number of rotatable bonds is 5. The molecule has 2 aromatic rings. The van der Waals surface area contributed by atoms with E-state index in [0.717, 1.165) is 5.56 Å². The van der Waals surface area contributed by atoms with Crippen molar-refractivity contribution < 1.29 is 14.6 Å². The number of aliphatic hydroxyl groups excluding tert-OH is 1. The Labute approximate surface area is 117 Å². The maximum atomic E-state index is 11.9. The van der Waals surface area contributed by atoms with Crippen LogP contribution in [0.2, 0.25) is 0 Å². The molecule has 0 fully saturated rings. The SMILES string of the molecule is COc1ncccc1CNC(=O)C(O)c1ccccc1. The molecule has 1 atom stereocenters. The molecule has 0 bridgehead atoms. The summed E-state index contributed by atoms with van der Waals surface area (Å²) in [5.74, 6) is 0.00380. The molecule has 0 spiro atoms. The molecular weight excluding hydrogens is 256 g/mol. The topological polar surface area (TPSA) is 71.5 Å². The highest BCUT2D eigenvalue weighted by Crippen LogP contribution is 2.15. The zero-order valence-electron chi connectivity index (χ0n) is 11.1. The summed E-state index contributed by atoms with van der Waals surface area (Å²) in [5, 5.41) is 12.6. The van der Waals surface area contributed by atoms with E-state index in [1.165, 1.54) is 7.11 Å². The van der Waals surface area contributed by atoms with E-state index in [1.54, 1.807) is 42.6 Å². The van der Waals surface area contributed by atoms with Crippen molar-refractivity contribution >= 4 is 5.91 Å². The monoisotopic (exact) mass is 272 g/mol. The third-order valence-corrected chi connectivity index (χ3v) is 2.86. The molecular formula is C15H16N2O3. The second-order valence-electron chi connectivity index (χ2n) is 4.20. The summed E-state index contributed by atoms with van der Waals surface area (Å²) < 4.78 is 5.10. The van der Waals surface area contributed by atoms with Gasteiger partial charge in [-0.3, -0.25) is 4.79 Å². The van der Waals surface area contributed by atoms with Crippen LogP contribution in [0.3, 0.4) is 0 Å². The lowest BCUT2D eigenvalue weighted by Gasteiger charge is -2.12. The number of aliphatic hydroxyl groups is 1. The van der Waals surface area contributed by atoms with Gasteiger partial charge in [-0.25, -0.2) is 4.98 Å². The van der Waals surface area contributed by atoms with Crippen molar-refractivity contribution in [2.24, 2.45) is 0 Å². The molecule has 2 rings (SSSR count). The summed E-state index contributed by atoms with van der Waals surface area (Å²) in [6.07, 6.45) is 0.432. The second-order valence-corrected chi connectivity index (χ2v) is 4.20. The van der Waals surface area contributed by atoms with Crippen molar-refractivity contribution in [3.63, 3.8) is 0 Å². The van der Waals surface area contributed by atoms with Crippen molar-refractivity contribution in [2.75, 3.05) is 7.11 Å². The first-order valence-electron chi connectivity index (χ1n) is 6.21. The molecule has 2 N–H and O–H groups in total. The number of carbonyl (C=O) groups is 1. The number of nitrogens with zero attached hydrogens (tertiary/aromatic N) is 1. The third-order valence-electron chi connectivity index (χ3n) is 2.86. The van der Waals surface area contributed by atoms with Gasteiger partial charge in [-0.2, -0.15) is 0 Å². The van der Waals surface area contributed by atoms with Gasteiger partial charge >= 0.3 is 0 Å². The number of pyridine rings is 1. The fourth-order valence-electron chi connectivity index (χ4n) is 1.81. The van der Waals surface area contributed by atoms with Crippen LogP contribution in [0.15, 0.2) is 48.7 Å². The second kappa shape index (κ2) is 6.68. The standard InChI is InChI=1S/C15H16N2O3/c1-20-15-12(8-5-9-16-15)10-17-14(19)13(18)11-6-3-2-4-7-11/h2-9,13,18H,10H2,1H3,(H,17,19). The van der Waals surface area contributed by atoms with E-state index in [0.29, 0.717) is 11.4 Å². The maximum absolute atomic E-state index is 11.9. The fourth-order valence-corrected chi connectivity index (χ4v) is 1.81. The molecule has 0 aliphatic carbocycles. The van der Waals surface area contributed by atoms with Crippen LogP contribution in [0.5, 0.6) is 5.88 Å². The summed E-state index contributed by atoms with van der Waals surface area (Å²) in [6.45, 7) is 0.250. The summed E-state index contributed by atoms with van der Waals surface area (Å²) in [7, 11) is 1.52. The van der Waals surface area contributed by atoms with Gasteiger partial charge in [0.1, 0.15) is 0 Å². The maximum Gasteiger partial charge on any atom is 0.253 e. The Morgan fingerprint density at radius 1 is 1.30 bits per heavy atom. The molecule has 0 aliphatic heterocycles. The molecule has 5 heteroatoms. The summed E-state index contributed by atoms with van der Waals surface area (Å²) >= 11 is 0. The van der Waals surface area contributed by atoms with Gasteiger partial charge < -0.3 is 15.2 Å². The molecule has 20 heavy (non-hydrogen) atoms. The number of aromatic nitrogens is 1. The lowest BCUT2D eigenvalue weighted by atomic mass is 10.1. The Morgan fingerprint density at radius 2 is 2.05 bits per heavy atom. The van der Waals surface area contributed by atoms with Crippen LogP contribution in [-0.4, -0.2) is 23.1 Å². The Hall–Kier alpha value is -2.40. The van der Waals surface area contributed by atoms with Crippen molar-refractivity contribution in [1.82, 2.24) is 10.3 Å². The summed E-state index contributed by atoms with van der Waals surface area (Å²) in [6, 6.07) is 12.4. The Kier molecular flexibility index (Phi) is 4.68. The largest absolute Gasteiger partial charge is 0.481 e. The average Bonchev–Trinajstić information content (AvgIpc) is 2.53. The summed E-state index contributed by atoms with van der Waals surface area (Å²) in [5.41, 5.74) is 1.31. The van der Waals surface area contributed by atoms with E-state index >= 15 is 0 Å². The van der Waals surface area contributed by atoms with Crippen LogP contribution in [-0.2, 0) is 11.3 Å². The predicted octanol–water partition coefficient (Wildman–Crippen LogP) is 1.44. The first kappa shape index (κ1) is 14.0. The van der Waals surface area contributed by atoms with Crippen LogP contribution < -0.4 is 10.1 Å². The number of nitrogens with one attached hydrogen (secondary N) is 1. The van der Waals surface area contributed by atoms with E-state index in [1.807, 2.05) is 6.07 Å². The fraction of sp³-hybridized carbons (Fsp3) is 0.200. The van der Waals surface area contributed by atoms with Crippen molar-refractivity contribution in [3.8, 4) is 5.88 Å². The van der Waals surface area contributed by atoms with Gasteiger partial charge in [0.05, 0.1) is 7.11 Å². The van der Waals surface area contributed by atoms with Crippen LogP contribution in [0.1, 0.15) is 17.2 Å². The van der Waals surface area contributed by atoms with Gasteiger partial charge in [0.15, 0.2) is 6.10 Å². The van der Waals surface area contributed by atoms with Crippen molar-refractivity contribution in [3.05, 3.63) is 59.8 Å². The molecule has 0 saturated heterocycles. The van der Waals surface area contributed by atoms with E-state index in [9.17, 15) is 9.90 Å². The molecule has 5 nitrogen and oxygen atoms in total. The molecule has 0 radical (unpaired) electrons. The number of amides is 1. The van der Waals surface area contributed by atoms with Crippen LogP contribution >= 0.6 is 0 Å². The Bertz CT molecular complexity index is 572. The summed E-state index contributed by atoms with van der Waals surface area (Å²) in [4.78, 5) is 15.9. The lowest BCUT2D eigenvalue weighted by molar-refractivity contribution is -0.129. The van der Waals surface area contributed by atoms with Crippen molar-refractivity contribution in [2.45, 2.75) is 12.6 Å². The lowest BCUT2D eigenvalue weighted by Crippen LogP contribution is -2.29. The van der Waals surface area contributed by atoms with Gasteiger partial charge in [0, 0.05) is 18.3 Å². The zero-order chi connectivity index (χ0) is 14.4. The number of methoxy groups -OCH3 is 1. The van der Waals surface area contributed by atoms with E-state index < -0.39 is 12.0 Å². The van der Waals surface area contributed by atoms with Gasteiger partial charge in [0.2, 0.25) is 5.88 Å². The van der Waals surface area contributed by atoms with Gasteiger partial charge in [-0.05, 0) is 11.6 Å². The van der Waals surface area contributed by atoms with Gasteiger partial charge in [-0.15, -0.1) is 0 Å². The minimum Gasteiger partial charge on any atom is -0.481 e. The van der Waals surface area contributed by atoms with E-state index in [-0.39, 0.29) is 6.54 Å². The van der Waals surface area contributed by atoms with E-state index in [2.05, 4.69) is 10.3 Å². The number of hydrogen-bond acceptors (Lipinski definition) is 4. The number of ether oxygens (including phenoxy) is 1. The molecule has 1 heterocycles.